The number of hydrogen-bond acceptors (Lipinski definition) is 3. The first-order chi connectivity index (χ1) is 18.9. The predicted molar refractivity (Wildman–Crippen MR) is 160 cm³/mol. The van der Waals surface area contributed by atoms with Crippen LogP contribution in [0, 0.1) is 0 Å². The number of nitrogens with one attached hydrogen (secondary N) is 1. The fourth-order valence-corrected chi connectivity index (χ4v) is 5.66. The van der Waals surface area contributed by atoms with Gasteiger partial charge in [0.25, 0.3) is 5.91 Å². The van der Waals surface area contributed by atoms with Crippen molar-refractivity contribution < 1.29 is 14.3 Å². The lowest BCUT2D eigenvalue weighted by Gasteiger charge is -2.33. The number of carbonyl (C=O) groups excluding carboxylic acids is 2. The fraction of sp³-hybridized carbons (Fsp3) is 0.375. The van der Waals surface area contributed by atoms with Crippen molar-refractivity contribution in [2.45, 2.75) is 70.5 Å². The second kappa shape index (κ2) is 14.5. The molecular weight excluding hydrogens is 576 g/mol. The van der Waals surface area contributed by atoms with Crippen molar-refractivity contribution in [2.75, 3.05) is 6.61 Å². The Balaban J connectivity index is 1.60. The number of rotatable bonds is 11. The highest BCUT2D eigenvalue weighted by atomic mass is 79.9. The van der Waals surface area contributed by atoms with Gasteiger partial charge in [0.2, 0.25) is 5.91 Å². The van der Waals surface area contributed by atoms with Crippen LogP contribution in [0.1, 0.15) is 55.7 Å². The van der Waals surface area contributed by atoms with E-state index in [1.165, 1.54) is 12.0 Å². The summed E-state index contributed by atoms with van der Waals surface area (Å²) in [5.74, 6) is 0.218. The molecule has 0 bridgehead atoms. The van der Waals surface area contributed by atoms with Gasteiger partial charge in [0.1, 0.15) is 11.8 Å². The molecule has 2 amide bonds. The Morgan fingerprint density at radius 2 is 1.67 bits per heavy atom. The molecule has 0 unspecified atom stereocenters. The number of halogens is 2. The van der Waals surface area contributed by atoms with Gasteiger partial charge in [0.15, 0.2) is 6.61 Å². The predicted octanol–water partition coefficient (Wildman–Crippen LogP) is 7.13. The third kappa shape index (κ3) is 8.58. The van der Waals surface area contributed by atoms with Gasteiger partial charge >= 0.3 is 0 Å². The molecule has 1 fully saturated rings. The molecule has 0 aromatic heterocycles. The van der Waals surface area contributed by atoms with Gasteiger partial charge in [-0.2, -0.15) is 0 Å². The van der Waals surface area contributed by atoms with E-state index in [2.05, 4.69) is 28.2 Å². The summed E-state index contributed by atoms with van der Waals surface area (Å²) in [4.78, 5) is 29.3. The van der Waals surface area contributed by atoms with E-state index in [0.29, 0.717) is 17.2 Å². The maximum Gasteiger partial charge on any atom is 0.261 e. The molecule has 39 heavy (non-hydrogen) atoms. The Morgan fingerprint density at radius 3 is 2.33 bits per heavy atom. The molecule has 7 heteroatoms. The van der Waals surface area contributed by atoms with Crippen LogP contribution in [-0.2, 0) is 29.0 Å². The minimum Gasteiger partial charge on any atom is -0.483 e. The zero-order chi connectivity index (χ0) is 27.6. The van der Waals surface area contributed by atoms with Crippen LogP contribution in [0.25, 0.3) is 0 Å². The Hall–Kier alpha value is -2.83. The van der Waals surface area contributed by atoms with Crippen molar-refractivity contribution in [1.29, 1.82) is 0 Å². The minimum atomic E-state index is -0.688. The number of carbonyl (C=O) groups is 2. The maximum atomic E-state index is 13.8. The zero-order valence-corrected chi connectivity index (χ0v) is 24.7. The summed E-state index contributed by atoms with van der Waals surface area (Å²) in [7, 11) is 0. The van der Waals surface area contributed by atoms with Crippen LogP contribution in [-0.4, -0.2) is 35.4 Å². The first-order valence-electron chi connectivity index (χ1n) is 13.7. The van der Waals surface area contributed by atoms with E-state index in [1.807, 2.05) is 60.7 Å². The average molecular weight is 612 g/mol. The highest BCUT2D eigenvalue weighted by molar-refractivity contribution is 9.10. The van der Waals surface area contributed by atoms with Crippen molar-refractivity contribution in [2.24, 2.45) is 0 Å². The normalized spacial score (nSPS) is 14.4. The number of amides is 2. The van der Waals surface area contributed by atoms with Gasteiger partial charge in [-0.1, -0.05) is 86.3 Å². The molecule has 0 saturated heterocycles. The SMILES string of the molecule is CCc1ccc(OCC(=O)N(Cc2ccc(Cl)cc2)[C@H](Cc2ccccc2)C(=O)NC2CCCCC2)c(Br)c1. The van der Waals surface area contributed by atoms with E-state index in [1.54, 1.807) is 17.0 Å². The summed E-state index contributed by atoms with van der Waals surface area (Å²) in [5.41, 5.74) is 3.06. The third-order valence-electron chi connectivity index (χ3n) is 7.24. The minimum absolute atomic E-state index is 0.124. The molecule has 1 saturated carbocycles. The van der Waals surface area contributed by atoms with Crippen LogP contribution in [0.3, 0.4) is 0 Å². The van der Waals surface area contributed by atoms with Crippen LogP contribution in [0.15, 0.2) is 77.3 Å². The van der Waals surface area contributed by atoms with E-state index < -0.39 is 6.04 Å². The molecule has 206 valence electrons. The number of aryl methyl sites for hydroxylation is 1. The standard InChI is InChI=1S/C32H36BrClN2O3/c1-2-23-15-18-30(28(33)19-23)39-22-31(37)36(21-25-13-16-26(34)17-14-25)29(20-24-9-5-3-6-10-24)32(38)35-27-11-7-4-8-12-27/h3,5-6,9-10,13-19,27,29H,2,4,7-8,11-12,20-22H2,1H3,(H,35,38)/t29-/m1/s1. The number of ether oxygens (including phenoxy) is 1. The van der Waals surface area contributed by atoms with Crippen molar-refractivity contribution in [1.82, 2.24) is 10.2 Å². The molecule has 5 nitrogen and oxygen atoms in total. The molecule has 1 N–H and O–H groups in total. The zero-order valence-electron chi connectivity index (χ0n) is 22.4. The lowest BCUT2D eigenvalue weighted by Crippen LogP contribution is -2.53. The molecule has 0 radical (unpaired) electrons. The van der Waals surface area contributed by atoms with E-state index in [-0.39, 0.29) is 31.0 Å². The van der Waals surface area contributed by atoms with Crippen LogP contribution >= 0.6 is 27.5 Å². The summed E-state index contributed by atoms with van der Waals surface area (Å²) in [5, 5.41) is 3.88. The maximum absolute atomic E-state index is 13.8. The summed E-state index contributed by atoms with van der Waals surface area (Å²) in [6.07, 6.45) is 6.69. The van der Waals surface area contributed by atoms with Crippen LogP contribution in [0.2, 0.25) is 5.02 Å². The molecule has 3 aromatic rings. The van der Waals surface area contributed by atoms with Crippen molar-refractivity contribution in [3.8, 4) is 5.75 Å². The van der Waals surface area contributed by atoms with Gasteiger partial charge in [-0.25, -0.2) is 0 Å². The van der Waals surface area contributed by atoms with Gasteiger partial charge in [0, 0.05) is 24.0 Å². The summed E-state index contributed by atoms with van der Waals surface area (Å²) in [6.45, 7) is 2.18. The van der Waals surface area contributed by atoms with E-state index in [0.717, 1.165) is 47.7 Å². The fourth-order valence-electron chi connectivity index (χ4n) is 4.99. The quantitative estimate of drug-likeness (QED) is 0.251. The Kier molecular flexibility index (Phi) is 10.9. The topological polar surface area (TPSA) is 58.6 Å². The molecule has 0 heterocycles. The van der Waals surface area contributed by atoms with E-state index >= 15 is 0 Å². The van der Waals surface area contributed by atoms with Crippen LogP contribution < -0.4 is 10.1 Å². The molecule has 0 aliphatic heterocycles. The lowest BCUT2D eigenvalue weighted by molar-refractivity contribution is -0.143. The summed E-state index contributed by atoms with van der Waals surface area (Å²) >= 11 is 9.69. The summed E-state index contributed by atoms with van der Waals surface area (Å²) in [6, 6.07) is 22.6. The highest BCUT2D eigenvalue weighted by Crippen LogP contribution is 2.27. The van der Waals surface area contributed by atoms with Gasteiger partial charge in [-0.15, -0.1) is 0 Å². The smallest absolute Gasteiger partial charge is 0.261 e. The van der Waals surface area contributed by atoms with Crippen molar-refractivity contribution >= 4 is 39.3 Å². The molecular formula is C32H36BrClN2O3. The Labute approximate surface area is 245 Å². The Bertz CT molecular complexity index is 1230. The molecule has 3 aromatic carbocycles. The number of benzene rings is 3. The van der Waals surface area contributed by atoms with Gasteiger partial charge in [0.05, 0.1) is 4.47 Å². The van der Waals surface area contributed by atoms with Gasteiger partial charge in [-0.3, -0.25) is 9.59 Å². The number of nitrogens with zero attached hydrogens (tertiary/aromatic N) is 1. The summed E-state index contributed by atoms with van der Waals surface area (Å²) < 4.78 is 6.78. The molecule has 1 atom stereocenters. The lowest BCUT2D eigenvalue weighted by atomic mass is 9.94. The monoisotopic (exact) mass is 610 g/mol. The first kappa shape index (κ1) is 29.2. The van der Waals surface area contributed by atoms with E-state index in [9.17, 15) is 9.59 Å². The van der Waals surface area contributed by atoms with Crippen molar-refractivity contribution in [3.63, 3.8) is 0 Å². The largest absolute Gasteiger partial charge is 0.483 e. The molecule has 1 aliphatic rings. The molecule has 1 aliphatic carbocycles. The molecule has 4 rings (SSSR count). The van der Waals surface area contributed by atoms with Crippen molar-refractivity contribution in [3.05, 3.63) is 99.0 Å². The van der Waals surface area contributed by atoms with Gasteiger partial charge < -0.3 is 15.0 Å². The average Bonchev–Trinajstić information content (AvgIpc) is 2.96. The van der Waals surface area contributed by atoms with Gasteiger partial charge in [-0.05, 0) is 76.1 Å². The number of hydrogen-bond donors (Lipinski definition) is 1. The van der Waals surface area contributed by atoms with Crippen LogP contribution in [0.5, 0.6) is 5.75 Å². The van der Waals surface area contributed by atoms with E-state index in [4.69, 9.17) is 16.3 Å². The molecule has 0 spiro atoms. The third-order valence-corrected chi connectivity index (χ3v) is 8.12. The highest BCUT2D eigenvalue weighted by Gasteiger charge is 2.32. The second-order valence-electron chi connectivity index (χ2n) is 10.1. The van der Waals surface area contributed by atoms with Crippen LogP contribution in [0.4, 0.5) is 0 Å². The first-order valence-corrected chi connectivity index (χ1v) is 14.9. The Morgan fingerprint density at radius 1 is 0.974 bits per heavy atom. The second-order valence-corrected chi connectivity index (χ2v) is 11.4.